The summed E-state index contributed by atoms with van der Waals surface area (Å²) in [5.74, 6) is 0.0111. The summed E-state index contributed by atoms with van der Waals surface area (Å²) in [6.07, 6.45) is -4.62. The summed E-state index contributed by atoms with van der Waals surface area (Å²) >= 11 is 7.29. The van der Waals surface area contributed by atoms with Crippen LogP contribution in [0.1, 0.15) is 19.7 Å². The zero-order valence-corrected chi connectivity index (χ0v) is 13.8. The molecule has 4 nitrogen and oxygen atoms in total. The molecule has 3 aromatic rings. The molecule has 0 amide bonds. The highest BCUT2D eigenvalue weighted by Crippen LogP contribution is 2.33. The zero-order valence-electron chi connectivity index (χ0n) is 12.2. The summed E-state index contributed by atoms with van der Waals surface area (Å²) in [5.41, 5.74) is 0.745. The first kappa shape index (κ1) is 16.3. The Bertz CT molecular complexity index is 876. The summed E-state index contributed by atoms with van der Waals surface area (Å²) in [7, 11) is 0. The molecule has 2 heterocycles. The van der Waals surface area contributed by atoms with E-state index in [-0.39, 0.29) is 11.2 Å². The fourth-order valence-electron chi connectivity index (χ4n) is 2.11. The van der Waals surface area contributed by atoms with Crippen LogP contribution in [0, 0.1) is 5.92 Å². The molecule has 0 spiro atoms. The van der Waals surface area contributed by atoms with Crippen molar-refractivity contribution in [2.24, 2.45) is 5.92 Å². The second-order valence-corrected chi connectivity index (χ2v) is 6.88. The molecule has 0 aliphatic carbocycles. The lowest BCUT2D eigenvalue weighted by Gasteiger charge is -2.10. The van der Waals surface area contributed by atoms with Gasteiger partial charge < -0.3 is 0 Å². The van der Waals surface area contributed by atoms with Crippen molar-refractivity contribution >= 4 is 40.0 Å². The van der Waals surface area contributed by atoms with Crippen LogP contribution in [-0.4, -0.2) is 25.3 Å². The summed E-state index contributed by atoms with van der Waals surface area (Å²) < 4.78 is 40.7. The van der Waals surface area contributed by atoms with Crippen molar-refractivity contribution in [2.75, 3.05) is 5.75 Å². The van der Waals surface area contributed by atoms with Gasteiger partial charge in [0.05, 0.1) is 11.0 Å². The average Bonchev–Trinajstić information content (AvgIpc) is 2.90. The summed E-state index contributed by atoms with van der Waals surface area (Å²) in [5, 5.41) is 7.79. The quantitative estimate of drug-likeness (QED) is 0.635. The molecule has 0 radical (unpaired) electrons. The number of rotatable bonds is 3. The lowest BCUT2D eigenvalue weighted by molar-refractivity contribution is -0.145. The number of benzene rings is 1. The average molecular weight is 361 g/mol. The normalized spacial score (nSPS) is 12.7. The van der Waals surface area contributed by atoms with Crippen molar-refractivity contribution in [2.45, 2.75) is 25.0 Å². The molecule has 9 heteroatoms. The maximum absolute atomic E-state index is 13.2. The van der Waals surface area contributed by atoms with Crippen molar-refractivity contribution in [3.05, 3.63) is 29.0 Å². The first-order chi connectivity index (χ1) is 10.8. The Balaban J connectivity index is 2.33. The van der Waals surface area contributed by atoms with Crippen molar-refractivity contribution in [1.29, 1.82) is 0 Å². The number of fused-ring (bicyclic) bond motifs is 3. The Labute approximate surface area is 139 Å². The second-order valence-electron chi connectivity index (χ2n) is 5.44. The van der Waals surface area contributed by atoms with Gasteiger partial charge in [0, 0.05) is 10.8 Å². The van der Waals surface area contributed by atoms with Gasteiger partial charge in [-0.3, -0.25) is 4.40 Å². The van der Waals surface area contributed by atoms with E-state index in [1.54, 1.807) is 12.1 Å². The summed E-state index contributed by atoms with van der Waals surface area (Å²) in [4.78, 5) is 4.43. The van der Waals surface area contributed by atoms with Gasteiger partial charge in [-0.15, -0.1) is 22.0 Å². The lowest BCUT2D eigenvalue weighted by atomic mass is 10.3. The van der Waals surface area contributed by atoms with Gasteiger partial charge in [0.2, 0.25) is 5.82 Å². The molecule has 23 heavy (non-hydrogen) atoms. The summed E-state index contributed by atoms with van der Waals surface area (Å²) in [6, 6.07) is 4.63. The molecule has 0 N–H and O–H groups in total. The monoisotopic (exact) mass is 360 g/mol. The van der Waals surface area contributed by atoms with Gasteiger partial charge in [-0.2, -0.15) is 13.2 Å². The highest BCUT2D eigenvalue weighted by Gasteiger charge is 2.38. The Morgan fingerprint density at radius 3 is 2.65 bits per heavy atom. The van der Waals surface area contributed by atoms with Gasteiger partial charge in [-0.05, 0) is 24.1 Å². The maximum Gasteiger partial charge on any atom is 0.452 e. The van der Waals surface area contributed by atoms with E-state index in [9.17, 15) is 13.2 Å². The minimum absolute atomic E-state index is 0.0951. The van der Waals surface area contributed by atoms with Crippen LogP contribution in [0.5, 0.6) is 0 Å². The molecular formula is C14H12ClF3N4S. The van der Waals surface area contributed by atoms with Crippen molar-refractivity contribution in [3.8, 4) is 0 Å². The SMILES string of the molecule is CC(C)CSc1nc2ccc(Cl)cc2n2c(C(F)(F)F)nnc12. The molecule has 0 saturated carbocycles. The zero-order chi connectivity index (χ0) is 16.8. The van der Waals surface area contributed by atoms with Crippen LogP contribution >= 0.6 is 23.4 Å². The molecule has 3 rings (SSSR count). The van der Waals surface area contributed by atoms with E-state index in [2.05, 4.69) is 15.2 Å². The van der Waals surface area contributed by atoms with Gasteiger partial charge in [-0.25, -0.2) is 4.98 Å². The van der Waals surface area contributed by atoms with Gasteiger partial charge in [-0.1, -0.05) is 25.4 Å². The molecule has 0 saturated heterocycles. The Kier molecular flexibility index (Phi) is 4.14. The number of hydrogen-bond acceptors (Lipinski definition) is 4. The van der Waals surface area contributed by atoms with E-state index in [4.69, 9.17) is 11.6 Å². The molecular weight excluding hydrogens is 349 g/mol. The van der Waals surface area contributed by atoms with Crippen molar-refractivity contribution in [1.82, 2.24) is 19.6 Å². The third-order valence-electron chi connectivity index (χ3n) is 3.06. The highest BCUT2D eigenvalue weighted by molar-refractivity contribution is 7.99. The fraction of sp³-hybridized carbons (Fsp3) is 0.357. The van der Waals surface area contributed by atoms with Gasteiger partial charge in [0.25, 0.3) is 0 Å². The van der Waals surface area contributed by atoms with E-state index in [0.717, 1.165) is 10.2 Å². The van der Waals surface area contributed by atoms with Gasteiger partial charge in [0.1, 0.15) is 5.03 Å². The topological polar surface area (TPSA) is 43.1 Å². The lowest BCUT2D eigenvalue weighted by Crippen LogP contribution is -2.12. The fourth-order valence-corrected chi connectivity index (χ4v) is 3.19. The third kappa shape index (κ3) is 3.10. The maximum atomic E-state index is 13.2. The molecule has 0 aliphatic heterocycles. The van der Waals surface area contributed by atoms with E-state index < -0.39 is 12.0 Å². The van der Waals surface area contributed by atoms with Crippen LogP contribution in [0.25, 0.3) is 16.7 Å². The number of nitrogens with zero attached hydrogens (tertiary/aromatic N) is 4. The molecule has 1 aromatic carbocycles. The smallest absolute Gasteiger partial charge is 0.267 e. The number of thioether (sulfide) groups is 1. The number of aromatic nitrogens is 4. The van der Waals surface area contributed by atoms with Gasteiger partial charge in [0.15, 0.2) is 5.65 Å². The molecule has 0 aliphatic rings. The third-order valence-corrected chi connectivity index (χ3v) is 4.68. The highest BCUT2D eigenvalue weighted by atomic mass is 35.5. The van der Waals surface area contributed by atoms with E-state index in [1.165, 1.54) is 17.8 Å². The van der Waals surface area contributed by atoms with Crippen molar-refractivity contribution in [3.63, 3.8) is 0 Å². The molecule has 0 atom stereocenters. The van der Waals surface area contributed by atoms with Crippen LogP contribution < -0.4 is 0 Å². The first-order valence-electron chi connectivity index (χ1n) is 6.81. The van der Waals surface area contributed by atoms with Crippen LogP contribution in [0.4, 0.5) is 13.2 Å². The van der Waals surface area contributed by atoms with E-state index >= 15 is 0 Å². The molecule has 0 unspecified atom stereocenters. The number of hydrogen-bond donors (Lipinski definition) is 0. The minimum atomic E-state index is -4.62. The number of halogens is 4. The van der Waals surface area contributed by atoms with Crippen molar-refractivity contribution < 1.29 is 13.2 Å². The van der Waals surface area contributed by atoms with E-state index in [1.807, 2.05) is 13.8 Å². The largest absolute Gasteiger partial charge is 0.452 e. The van der Waals surface area contributed by atoms with Crippen LogP contribution in [0.15, 0.2) is 23.2 Å². The number of alkyl halides is 3. The first-order valence-corrected chi connectivity index (χ1v) is 8.18. The van der Waals surface area contributed by atoms with Crippen LogP contribution in [0.3, 0.4) is 0 Å². The second kappa shape index (κ2) is 5.83. The summed E-state index contributed by atoms with van der Waals surface area (Å²) in [6.45, 7) is 4.05. The van der Waals surface area contributed by atoms with Gasteiger partial charge >= 0.3 is 6.18 Å². The Morgan fingerprint density at radius 2 is 2.00 bits per heavy atom. The molecule has 2 aromatic heterocycles. The minimum Gasteiger partial charge on any atom is -0.267 e. The predicted octanol–water partition coefficient (Wildman–Crippen LogP) is 4.70. The Hall–Kier alpha value is -1.54. The standard InChI is InChI=1S/C14H12ClF3N4S/c1-7(2)6-23-12-11-20-21-13(14(16,17)18)22(11)10-5-8(15)3-4-9(10)19-12/h3-5,7H,6H2,1-2H3. The predicted molar refractivity (Wildman–Crippen MR) is 83.9 cm³/mol. The van der Waals surface area contributed by atoms with Crippen LogP contribution in [0.2, 0.25) is 5.02 Å². The molecule has 0 bridgehead atoms. The molecule has 0 fully saturated rings. The Morgan fingerprint density at radius 1 is 1.26 bits per heavy atom. The van der Waals surface area contributed by atoms with Crippen LogP contribution in [-0.2, 0) is 6.18 Å². The molecule has 122 valence electrons. The van der Waals surface area contributed by atoms with E-state index in [0.29, 0.717) is 21.5 Å².